The Morgan fingerprint density at radius 1 is 1.30 bits per heavy atom. The van der Waals surface area contributed by atoms with E-state index in [1.807, 2.05) is 12.3 Å². The maximum Gasteiger partial charge on any atom is 0.234 e. The Morgan fingerprint density at radius 3 is 3.00 bits per heavy atom. The highest BCUT2D eigenvalue weighted by atomic mass is 35.5. The summed E-state index contributed by atoms with van der Waals surface area (Å²) in [6.45, 7) is 0. The van der Waals surface area contributed by atoms with Crippen LogP contribution in [0.4, 0.5) is 4.39 Å². The van der Waals surface area contributed by atoms with Gasteiger partial charge in [0, 0.05) is 18.0 Å². The van der Waals surface area contributed by atoms with Crippen molar-refractivity contribution in [3.05, 3.63) is 59.0 Å². The third-order valence-electron chi connectivity index (χ3n) is 3.73. The van der Waals surface area contributed by atoms with Gasteiger partial charge in [-0.15, -0.1) is 0 Å². The molecule has 1 fully saturated rings. The van der Waals surface area contributed by atoms with E-state index in [1.54, 1.807) is 12.3 Å². The molecule has 0 radical (unpaired) electrons. The summed E-state index contributed by atoms with van der Waals surface area (Å²) in [5.41, 5.74) is 2.68. The molecule has 0 bridgehead atoms. The molecule has 0 aromatic carbocycles. The topological polar surface area (TPSA) is 43.1 Å². The highest BCUT2D eigenvalue weighted by Gasteiger charge is 2.41. The van der Waals surface area contributed by atoms with Crippen molar-refractivity contribution in [2.24, 2.45) is 0 Å². The predicted octanol–water partition coefficient (Wildman–Crippen LogP) is 3.19. The Labute approximate surface area is 119 Å². The van der Waals surface area contributed by atoms with Crippen LogP contribution >= 0.6 is 11.6 Å². The van der Waals surface area contributed by atoms with Gasteiger partial charge in [-0.25, -0.2) is 4.98 Å². The Balaban J connectivity index is 1.77. The molecule has 0 aliphatic heterocycles. The number of halogens is 2. The first-order valence-corrected chi connectivity index (χ1v) is 6.71. The maximum atomic E-state index is 13.6. The van der Waals surface area contributed by atoms with E-state index in [0.717, 1.165) is 16.5 Å². The fourth-order valence-corrected chi connectivity index (χ4v) is 2.90. The molecule has 1 saturated carbocycles. The minimum absolute atomic E-state index is 0.279. The van der Waals surface area contributed by atoms with E-state index in [4.69, 9.17) is 11.6 Å². The minimum Gasteiger partial charge on any atom is -0.264 e. The predicted molar refractivity (Wildman–Crippen MR) is 72.3 cm³/mol. The van der Waals surface area contributed by atoms with Gasteiger partial charge >= 0.3 is 0 Å². The van der Waals surface area contributed by atoms with E-state index in [1.165, 1.54) is 11.8 Å². The molecule has 1 aliphatic rings. The quantitative estimate of drug-likeness (QED) is 0.727. The van der Waals surface area contributed by atoms with Gasteiger partial charge in [0.2, 0.25) is 5.95 Å². The van der Waals surface area contributed by atoms with Crippen LogP contribution in [0.3, 0.4) is 0 Å². The molecule has 4 rings (SSSR count). The molecule has 2 atom stereocenters. The van der Waals surface area contributed by atoms with Crippen LogP contribution < -0.4 is 0 Å². The third-order valence-corrected chi connectivity index (χ3v) is 3.91. The SMILES string of the molecule is Fc1cnc2c(C3CC3c3cccnc3)cc(Cl)nn12. The van der Waals surface area contributed by atoms with Crippen LogP contribution in [-0.2, 0) is 0 Å². The Hall–Kier alpha value is -2.01. The van der Waals surface area contributed by atoms with Gasteiger partial charge in [0.05, 0.1) is 6.20 Å². The van der Waals surface area contributed by atoms with Crippen LogP contribution in [-0.4, -0.2) is 19.6 Å². The molecule has 0 N–H and O–H groups in total. The van der Waals surface area contributed by atoms with Gasteiger partial charge in [-0.2, -0.15) is 14.0 Å². The van der Waals surface area contributed by atoms with Gasteiger partial charge in [0.1, 0.15) is 0 Å². The lowest BCUT2D eigenvalue weighted by molar-refractivity contribution is 0.548. The van der Waals surface area contributed by atoms with Crippen molar-refractivity contribution in [1.29, 1.82) is 0 Å². The van der Waals surface area contributed by atoms with E-state index >= 15 is 0 Å². The lowest BCUT2D eigenvalue weighted by Gasteiger charge is -2.04. The number of aromatic nitrogens is 4. The van der Waals surface area contributed by atoms with E-state index in [0.29, 0.717) is 17.5 Å². The van der Waals surface area contributed by atoms with Crippen LogP contribution in [0.2, 0.25) is 5.15 Å². The smallest absolute Gasteiger partial charge is 0.234 e. The van der Waals surface area contributed by atoms with Crippen LogP contribution in [0.15, 0.2) is 36.8 Å². The molecule has 100 valence electrons. The standard InChI is InChI=1S/C14H10ClFN4/c15-12-5-11(14-18-7-13(16)20(14)19-12)10-4-9(10)8-2-1-3-17-6-8/h1-3,5-7,9-10H,4H2. The summed E-state index contributed by atoms with van der Waals surface area (Å²) in [5, 5.41) is 4.21. The number of pyridine rings is 1. The molecule has 3 aromatic rings. The second-order valence-corrected chi connectivity index (χ2v) is 5.36. The average Bonchev–Trinajstić information content (AvgIpc) is 3.18. The van der Waals surface area contributed by atoms with Crippen molar-refractivity contribution < 1.29 is 4.39 Å². The number of imidazole rings is 1. The van der Waals surface area contributed by atoms with Gasteiger partial charge in [-0.3, -0.25) is 4.98 Å². The fraction of sp³-hybridized carbons (Fsp3) is 0.214. The maximum absolute atomic E-state index is 13.6. The molecule has 6 heteroatoms. The zero-order valence-electron chi connectivity index (χ0n) is 10.4. The van der Waals surface area contributed by atoms with Crippen molar-refractivity contribution >= 4 is 17.2 Å². The fourth-order valence-electron chi connectivity index (χ4n) is 2.71. The molecule has 1 aliphatic carbocycles. The normalized spacial score (nSPS) is 21.3. The highest BCUT2D eigenvalue weighted by Crippen LogP contribution is 2.55. The summed E-state index contributed by atoms with van der Waals surface area (Å²) in [6, 6.07) is 5.77. The molecule has 20 heavy (non-hydrogen) atoms. The van der Waals surface area contributed by atoms with Gasteiger partial charge in [-0.05, 0) is 36.0 Å². The lowest BCUT2D eigenvalue weighted by Crippen LogP contribution is -1.99. The molecule has 0 saturated heterocycles. The average molecular weight is 289 g/mol. The monoisotopic (exact) mass is 288 g/mol. The minimum atomic E-state index is -0.498. The first-order valence-electron chi connectivity index (χ1n) is 6.33. The van der Waals surface area contributed by atoms with E-state index in [-0.39, 0.29) is 5.15 Å². The number of rotatable bonds is 2. The van der Waals surface area contributed by atoms with Crippen molar-refractivity contribution in [3.63, 3.8) is 0 Å². The molecular formula is C14H10ClFN4. The largest absolute Gasteiger partial charge is 0.264 e. The number of nitrogens with zero attached hydrogens (tertiary/aromatic N) is 4. The van der Waals surface area contributed by atoms with Crippen LogP contribution in [0.5, 0.6) is 0 Å². The zero-order valence-corrected chi connectivity index (χ0v) is 11.1. The molecular weight excluding hydrogens is 279 g/mol. The van der Waals surface area contributed by atoms with Crippen molar-refractivity contribution in [1.82, 2.24) is 19.6 Å². The summed E-state index contributed by atoms with van der Waals surface area (Å²) in [6.07, 6.45) is 5.79. The highest BCUT2D eigenvalue weighted by molar-refractivity contribution is 6.29. The van der Waals surface area contributed by atoms with E-state index in [2.05, 4.69) is 21.1 Å². The van der Waals surface area contributed by atoms with Crippen molar-refractivity contribution in [2.75, 3.05) is 0 Å². The first kappa shape index (κ1) is 11.8. The van der Waals surface area contributed by atoms with Crippen LogP contribution in [0.1, 0.15) is 29.4 Å². The molecule has 3 aromatic heterocycles. The van der Waals surface area contributed by atoms with Gasteiger partial charge in [-0.1, -0.05) is 17.7 Å². The van der Waals surface area contributed by atoms with Crippen LogP contribution in [0, 0.1) is 5.95 Å². The second kappa shape index (κ2) is 4.24. The number of fused-ring (bicyclic) bond motifs is 1. The van der Waals surface area contributed by atoms with Gasteiger partial charge in [0.15, 0.2) is 10.8 Å². The number of hydrogen-bond donors (Lipinski definition) is 0. The summed E-state index contributed by atoms with van der Waals surface area (Å²) < 4.78 is 14.7. The Morgan fingerprint density at radius 2 is 2.20 bits per heavy atom. The Kier molecular flexibility index (Phi) is 2.50. The molecule has 4 nitrogen and oxygen atoms in total. The summed E-state index contributed by atoms with van der Waals surface area (Å²) in [4.78, 5) is 8.24. The molecule has 2 unspecified atom stereocenters. The van der Waals surface area contributed by atoms with E-state index in [9.17, 15) is 4.39 Å². The van der Waals surface area contributed by atoms with Crippen LogP contribution in [0.25, 0.3) is 5.65 Å². The first-order chi connectivity index (χ1) is 9.74. The third kappa shape index (κ3) is 1.78. The van der Waals surface area contributed by atoms with Gasteiger partial charge < -0.3 is 0 Å². The van der Waals surface area contributed by atoms with Crippen molar-refractivity contribution in [3.8, 4) is 0 Å². The summed E-state index contributed by atoms with van der Waals surface area (Å²) in [7, 11) is 0. The molecule has 0 amide bonds. The zero-order chi connectivity index (χ0) is 13.7. The van der Waals surface area contributed by atoms with Gasteiger partial charge in [0.25, 0.3) is 0 Å². The molecule has 3 heterocycles. The number of hydrogen-bond acceptors (Lipinski definition) is 3. The Bertz CT molecular complexity index is 786. The van der Waals surface area contributed by atoms with E-state index < -0.39 is 5.95 Å². The second-order valence-electron chi connectivity index (χ2n) is 4.97. The molecule has 0 spiro atoms. The van der Waals surface area contributed by atoms with Crippen molar-refractivity contribution in [2.45, 2.75) is 18.3 Å². The summed E-state index contributed by atoms with van der Waals surface area (Å²) >= 11 is 5.98. The summed E-state index contributed by atoms with van der Waals surface area (Å²) in [5.74, 6) is 0.192. The lowest BCUT2D eigenvalue weighted by atomic mass is 10.1.